The standard InChI is InChI=1S/C15H18N2O4/c1-3-7-17-14(19)11-5-4-10(9-12(11)15(17)20)13(18)16-6-8-21-2/h4-5,9H,3,6-8H2,1-2H3,(H,16,18). The molecule has 2 rings (SSSR count). The van der Waals surface area contributed by atoms with Crippen LogP contribution in [0.5, 0.6) is 0 Å². The van der Waals surface area contributed by atoms with Crippen molar-refractivity contribution in [3.05, 3.63) is 34.9 Å². The topological polar surface area (TPSA) is 75.7 Å². The lowest BCUT2D eigenvalue weighted by Crippen LogP contribution is -2.30. The van der Waals surface area contributed by atoms with Crippen LogP contribution in [-0.2, 0) is 4.74 Å². The monoisotopic (exact) mass is 290 g/mol. The number of ether oxygens (including phenoxy) is 1. The van der Waals surface area contributed by atoms with Crippen LogP contribution in [0.15, 0.2) is 18.2 Å². The highest BCUT2D eigenvalue weighted by Crippen LogP contribution is 2.24. The van der Waals surface area contributed by atoms with Crippen molar-refractivity contribution >= 4 is 17.7 Å². The van der Waals surface area contributed by atoms with Crippen molar-refractivity contribution in [2.75, 3.05) is 26.8 Å². The molecule has 0 bridgehead atoms. The summed E-state index contributed by atoms with van der Waals surface area (Å²) >= 11 is 0. The molecule has 1 N–H and O–H groups in total. The molecule has 0 saturated heterocycles. The average Bonchev–Trinajstić information content (AvgIpc) is 2.72. The van der Waals surface area contributed by atoms with Gasteiger partial charge in [0.1, 0.15) is 0 Å². The van der Waals surface area contributed by atoms with Crippen LogP contribution < -0.4 is 5.32 Å². The minimum Gasteiger partial charge on any atom is -0.383 e. The van der Waals surface area contributed by atoms with Gasteiger partial charge >= 0.3 is 0 Å². The Morgan fingerprint density at radius 1 is 1.24 bits per heavy atom. The fourth-order valence-electron chi connectivity index (χ4n) is 2.23. The molecule has 0 aromatic heterocycles. The molecule has 1 aromatic carbocycles. The highest BCUT2D eigenvalue weighted by molar-refractivity contribution is 6.22. The van der Waals surface area contributed by atoms with E-state index < -0.39 is 0 Å². The number of hydrogen-bond acceptors (Lipinski definition) is 4. The van der Waals surface area contributed by atoms with Gasteiger partial charge in [0.25, 0.3) is 17.7 Å². The molecule has 3 amide bonds. The molecule has 112 valence electrons. The SMILES string of the molecule is CCCN1C(=O)c2ccc(C(=O)NCCOC)cc2C1=O. The van der Waals surface area contributed by atoms with Gasteiger partial charge in [0.2, 0.25) is 0 Å². The normalized spacial score (nSPS) is 13.5. The summed E-state index contributed by atoms with van der Waals surface area (Å²) in [5.41, 5.74) is 1.03. The molecule has 6 nitrogen and oxygen atoms in total. The number of carbonyl (C=O) groups is 3. The van der Waals surface area contributed by atoms with Crippen molar-refractivity contribution in [1.29, 1.82) is 0 Å². The zero-order valence-corrected chi connectivity index (χ0v) is 12.1. The van der Waals surface area contributed by atoms with Gasteiger partial charge in [-0.05, 0) is 24.6 Å². The van der Waals surface area contributed by atoms with E-state index in [-0.39, 0.29) is 17.7 Å². The van der Waals surface area contributed by atoms with Gasteiger partial charge in [-0.15, -0.1) is 0 Å². The number of nitrogens with one attached hydrogen (secondary N) is 1. The van der Waals surface area contributed by atoms with E-state index in [0.717, 1.165) is 0 Å². The van der Waals surface area contributed by atoms with Crippen molar-refractivity contribution in [3.63, 3.8) is 0 Å². The largest absolute Gasteiger partial charge is 0.383 e. The molecule has 21 heavy (non-hydrogen) atoms. The van der Waals surface area contributed by atoms with Gasteiger partial charge < -0.3 is 10.1 Å². The third kappa shape index (κ3) is 2.95. The number of nitrogens with zero attached hydrogens (tertiary/aromatic N) is 1. The van der Waals surface area contributed by atoms with Crippen LogP contribution in [0.1, 0.15) is 44.4 Å². The number of fused-ring (bicyclic) bond motifs is 1. The Labute approximate surface area is 123 Å². The molecule has 0 aliphatic carbocycles. The zero-order valence-electron chi connectivity index (χ0n) is 12.1. The van der Waals surface area contributed by atoms with E-state index in [1.165, 1.54) is 17.0 Å². The first-order valence-electron chi connectivity index (χ1n) is 6.87. The maximum absolute atomic E-state index is 12.2. The summed E-state index contributed by atoms with van der Waals surface area (Å²) in [6.45, 7) is 3.10. The van der Waals surface area contributed by atoms with Gasteiger partial charge in [0.05, 0.1) is 17.7 Å². The maximum atomic E-state index is 12.2. The van der Waals surface area contributed by atoms with Gasteiger partial charge in [-0.1, -0.05) is 6.92 Å². The van der Waals surface area contributed by atoms with E-state index in [9.17, 15) is 14.4 Å². The summed E-state index contributed by atoms with van der Waals surface area (Å²) in [5.74, 6) is -0.907. The molecule has 0 fully saturated rings. The van der Waals surface area contributed by atoms with Crippen LogP contribution in [0.3, 0.4) is 0 Å². The molecular formula is C15H18N2O4. The van der Waals surface area contributed by atoms with Crippen LogP contribution in [0, 0.1) is 0 Å². The Hall–Kier alpha value is -2.21. The summed E-state index contributed by atoms with van der Waals surface area (Å²) < 4.78 is 4.85. The molecule has 1 aliphatic rings. The first-order chi connectivity index (χ1) is 10.1. The first kappa shape index (κ1) is 15.2. The van der Waals surface area contributed by atoms with E-state index in [4.69, 9.17) is 4.74 Å². The lowest BCUT2D eigenvalue weighted by molar-refractivity contribution is 0.0654. The van der Waals surface area contributed by atoms with Crippen molar-refractivity contribution in [3.8, 4) is 0 Å². The zero-order chi connectivity index (χ0) is 15.4. The Bertz CT molecular complexity index is 583. The quantitative estimate of drug-likeness (QED) is 0.628. The average molecular weight is 290 g/mol. The summed E-state index contributed by atoms with van der Waals surface area (Å²) in [6, 6.07) is 4.57. The fraction of sp³-hybridized carbons (Fsp3) is 0.400. The fourth-order valence-corrected chi connectivity index (χ4v) is 2.23. The third-order valence-electron chi connectivity index (χ3n) is 3.27. The second-order valence-electron chi connectivity index (χ2n) is 4.77. The molecule has 0 unspecified atom stereocenters. The molecule has 0 radical (unpaired) electrons. The predicted molar refractivity (Wildman–Crippen MR) is 76.3 cm³/mol. The van der Waals surface area contributed by atoms with Gasteiger partial charge in [0, 0.05) is 25.8 Å². The van der Waals surface area contributed by atoms with Gasteiger partial charge in [0.15, 0.2) is 0 Å². The van der Waals surface area contributed by atoms with E-state index >= 15 is 0 Å². The number of methoxy groups -OCH3 is 1. The van der Waals surface area contributed by atoms with Crippen molar-refractivity contribution < 1.29 is 19.1 Å². The first-order valence-corrected chi connectivity index (χ1v) is 6.87. The van der Waals surface area contributed by atoms with E-state index in [1.54, 1.807) is 13.2 Å². The smallest absolute Gasteiger partial charge is 0.261 e. The van der Waals surface area contributed by atoms with Gasteiger partial charge in [-0.3, -0.25) is 19.3 Å². The van der Waals surface area contributed by atoms with Crippen LogP contribution in [0.25, 0.3) is 0 Å². The number of carbonyl (C=O) groups excluding carboxylic acids is 3. The summed E-state index contributed by atoms with van der Waals surface area (Å²) in [4.78, 5) is 37.4. The number of hydrogen-bond donors (Lipinski definition) is 1. The predicted octanol–water partition coefficient (Wildman–Crippen LogP) is 1.07. The molecular weight excluding hydrogens is 272 g/mol. The van der Waals surface area contributed by atoms with Crippen molar-refractivity contribution in [1.82, 2.24) is 10.2 Å². The minimum atomic E-state index is -0.330. The molecule has 6 heteroatoms. The lowest BCUT2D eigenvalue weighted by atomic mass is 10.1. The lowest BCUT2D eigenvalue weighted by Gasteiger charge is -2.11. The second kappa shape index (κ2) is 6.49. The number of amides is 3. The Morgan fingerprint density at radius 3 is 2.62 bits per heavy atom. The summed E-state index contributed by atoms with van der Waals surface area (Å²) in [7, 11) is 1.55. The molecule has 0 spiro atoms. The van der Waals surface area contributed by atoms with Crippen LogP contribution in [0.4, 0.5) is 0 Å². The van der Waals surface area contributed by atoms with Crippen molar-refractivity contribution in [2.24, 2.45) is 0 Å². The van der Waals surface area contributed by atoms with E-state index in [0.29, 0.717) is 42.8 Å². The second-order valence-corrected chi connectivity index (χ2v) is 4.77. The number of benzene rings is 1. The minimum absolute atomic E-state index is 0.288. The summed E-state index contributed by atoms with van der Waals surface area (Å²) in [5, 5.41) is 2.68. The van der Waals surface area contributed by atoms with Crippen LogP contribution in [-0.4, -0.2) is 49.4 Å². The number of imide groups is 1. The van der Waals surface area contributed by atoms with Crippen LogP contribution in [0.2, 0.25) is 0 Å². The van der Waals surface area contributed by atoms with Gasteiger partial charge in [-0.25, -0.2) is 0 Å². The highest BCUT2D eigenvalue weighted by atomic mass is 16.5. The molecule has 0 saturated carbocycles. The highest BCUT2D eigenvalue weighted by Gasteiger charge is 2.35. The maximum Gasteiger partial charge on any atom is 0.261 e. The van der Waals surface area contributed by atoms with Crippen molar-refractivity contribution in [2.45, 2.75) is 13.3 Å². The molecule has 1 aromatic rings. The Morgan fingerprint density at radius 2 is 1.95 bits per heavy atom. The Balaban J connectivity index is 2.20. The number of rotatable bonds is 6. The molecule has 1 heterocycles. The van der Waals surface area contributed by atoms with Crippen LogP contribution >= 0.6 is 0 Å². The molecule has 1 aliphatic heterocycles. The third-order valence-corrected chi connectivity index (χ3v) is 3.27. The van der Waals surface area contributed by atoms with E-state index in [1.807, 2.05) is 6.92 Å². The van der Waals surface area contributed by atoms with Gasteiger partial charge in [-0.2, -0.15) is 0 Å². The molecule has 0 atom stereocenters. The Kier molecular flexibility index (Phi) is 4.70. The van der Waals surface area contributed by atoms with E-state index in [2.05, 4.69) is 5.32 Å². The summed E-state index contributed by atoms with van der Waals surface area (Å²) in [6.07, 6.45) is 0.704.